The number of aryl methyl sites for hydroxylation is 1. The van der Waals surface area contributed by atoms with E-state index in [9.17, 15) is 13.2 Å². The SMILES string of the molecule is COc1ccc(S(=O)(=O)N(CC(=O)N(C)c2ccccc2)c2ccccc2)cc1C. The molecule has 3 rings (SSSR count). The fraction of sp³-hybridized carbons (Fsp3) is 0.174. The predicted molar refractivity (Wildman–Crippen MR) is 119 cm³/mol. The number of methoxy groups -OCH3 is 1. The number of benzene rings is 3. The van der Waals surface area contributed by atoms with Crippen LogP contribution in [-0.2, 0) is 14.8 Å². The van der Waals surface area contributed by atoms with Gasteiger partial charge in [0.1, 0.15) is 12.3 Å². The minimum absolute atomic E-state index is 0.0971. The average Bonchev–Trinajstić information content (AvgIpc) is 2.77. The van der Waals surface area contributed by atoms with Gasteiger partial charge in [0.05, 0.1) is 17.7 Å². The molecule has 3 aromatic carbocycles. The molecule has 0 N–H and O–H groups in total. The van der Waals surface area contributed by atoms with E-state index in [0.717, 1.165) is 4.31 Å². The van der Waals surface area contributed by atoms with Gasteiger partial charge in [0.25, 0.3) is 10.0 Å². The van der Waals surface area contributed by atoms with Gasteiger partial charge in [0.15, 0.2) is 0 Å². The summed E-state index contributed by atoms with van der Waals surface area (Å²) in [5.41, 5.74) is 1.80. The molecule has 0 atom stereocenters. The molecule has 0 heterocycles. The van der Waals surface area contributed by atoms with Gasteiger partial charge >= 0.3 is 0 Å². The van der Waals surface area contributed by atoms with Crippen LogP contribution in [0.4, 0.5) is 11.4 Å². The molecular formula is C23H24N2O4S. The minimum atomic E-state index is -3.98. The highest BCUT2D eigenvalue weighted by atomic mass is 32.2. The van der Waals surface area contributed by atoms with Crippen molar-refractivity contribution in [1.29, 1.82) is 0 Å². The van der Waals surface area contributed by atoms with E-state index in [-0.39, 0.29) is 17.3 Å². The van der Waals surface area contributed by atoms with E-state index in [1.165, 1.54) is 18.1 Å². The van der Waals surface area contributed by atoms with E-state index >= 15 is 0 Å². The van der Waals surface area contributed by atoms with E-state index in [2.05, 4.69) is 0 Å². The van der Waals surface area contributed by atoms with Gasteiger partial charge in [-0.3, -0.25) is 9.10 Å². The van der Waals surface area contributed by atoms with Gasteiger partial charge in [-0.25, -0.2) is 8.42 Å². The highest BCUT2D eigenvalue weighted by Crippen LogP contribution is 2.27. The summed E-state index contributed by atoms with van der Waals surface area (Å²) in [5.74, 6) is 0.249. The lowest BCUT2D eigenvalue weighted by Crippen LogP contribution is -2.41. The Labute approximate surface area is 177 Å². The third-order valence-electron chi connectivity index (χ3n) is 4.79. The molecule has 0 saturated heterocycles. The largest absolute Gasteiger partial charge is 0.496 e. The molecule has 0 radical (unpaired) electrons. The molecular weight excluding hydrogens is 400 g/mol. The number of carbonyl (C=O) groups excluding carboxylic acids is 1. The molecule has 0 aromatic heterocycles. The number of hydrogen-bond donors (Lipinski definition) is 0. The average molecular weight is 425 g/mol. The molecule has 0 aliphatic heterocycles. The zero-order valence-corrected chi connectivity index (χ0v) is 18.0. The van der Waals surface area contributed by atoms with E-state index in [1.54, 1.807) is 68.6 Å². The minimum Gasteiger partial charge on any atom is -0.496 e. The van der Waals surface area contributed by atoms with Gasteiger partial charge in [-0.1, -0.05) is 36.4 Å². The summed E-state index contributed by atoms with van der Waals surface area (Å²) in [6.45, 7) is 1.45. The van der Waals surface area contributed by atoms with E-state index in [0.29, 0.717) is 22.7 Å². The van der Waals surface area contributed by atoms with Crippen LogP contribution in [0.15, 0.2) is 83.8 Å². The molecule has 3 aromatic rings. The highest BCUT2D eigenvalue weighted by Gasteiger charge is 2.29. The maximum Gasteiger partial charge on any atom is 0.264 e. The number of anilines is 2. The van der Waals surface area contributed by atoms with Crippen molar-refractivity contribution >= 4 is 27.3 Å². The summed E-state index contributed by atoms with van der Waals surface area (Å²) in [4.78, 5) is 14.5. The Morgan fingerprint density at radius 3 is 2.00 bits per heavy atom. The van der Waals surface area contributed by atoms with Crippen molar-refractivity contribution in [2.75, 3.05) is 29.9 Å². The molecule has 1 amide bonds. The Morgan fingerprint density at radius 2 is 1.47 bits per heavy atom. The first-order valence-electron chi connectivity index (χ1n) is 9.38. The number of para-hydroxylation sites is 2. The molecule has 0 saturated carbocycles. The molecule has 156 valence electrons. The predicted octanol–water partition coefficient (Wildman–Crippen LogP) is 3.86. The topological polar surface area (TPSA) is 66.9 Å². The zero-order chi connectivity index (χ0) is 21.7. The Hall–Kier alpha value is -3.32. The fourth-order valence-electron chi connectivity index (χ4n) is 3.07. The number of nitrogens with zero attached hydrogens (tertiary/aromatic N) is 2. The number of sulfonamides is 1. The van der Waals surface area contributed by atoms with Crippen molar-refractivity contribution in [3.63, 3.8) is 0 Å². The summed E-state index contributed by atoms with van der Waals surface area (Å²) < 4.78 is 33.4. The quantitative estimate of drug-likeness (QED) is 0.578. The highest BCUT2D eigenvalue weighted by molar-refractivity contribution is 7.92. The maximum atomic E-state index is 13.5. The van der Waals surface area contributed by atoms with Gasteiger partial charge in [0, 0.05) is 12.7 Å². The smallest absolute Gasteiger partial charge is 0.264 e. The maximum absolute atomic E-state index is 13.5. The van der Waals surface area contributed by atoms with Crippen LogP contribution < -0.4 is 13.9 Å². The standard InChI is InChI=1S/C23H24N2O4S/c1-18-16-21(14-15-22(18)29-3)30(27,28)25(20-12-8-5-9-13-20)17-23(26)24(2)19-10-6-4-7-11-19/h4-16H,17H2,1-3H3. The number of likely N-dealkylation sites (N-methyl/N-ethyl adjacent to an activating group) is 1. The van der Waals surface area contributed by atoms with Crippen molar-refractivity contribution in [3.8, 4) is 5.75 Å². The lowest BCUT2D eigenvalue weighted by molar-refractivity contribution is -0.116. The van der Waals surface area contributed by atoms with Crippen LogP contribution in [0, 0.1) is 6.92 Å². The van der Waals surface area contributed by atoms with Gasteiger partial charge in [-0.2, -0.15) is 0 Å². The lowest BCUT2D eigenvalue weighted by Gasteiger charge is -2.27. The first kappa shape index (κ1) is 21.4. The van der Waals surface area contributed by atoms with E-state index in [4.69, 9.17) is 4.74 Å². The van der Waals surface area contributed by atoms with Gasteiger partial charge < -0.3 is 9.64 Å². The third-order valence-corrected chi connectivity index (χ3v) is 6.56. The van der Waals surface area contributed by atoms with Crippen LogP contribution in [0.3, 0.4) is 0 Å². The first-order valence-corrected chi connectivity index (χ1v) is 10.8. The monoisotopic (exact) mass is 424 g/mol. The second kappa shape index (κ2) is 9.00. The molecule has 7 heteroatoms. The van der Waals surface area contributed by atoms with Gasteiger partial charge in [0.2, 0.25) is 5.91 Å². The van der Waals surface area contributed by atoms with E-state index in [1.807, 2.05) is 18.2 Å². The summed E-state index contributed by atoms with van der Waals surface area (Å²) in [6.07, 6.45) is 0. The van der Waals surface area contributed by atoms with Crippen molar-refractivity contribution in [1.82, 2.24) is 0 Å². The van der Waals surface area contributed by atoms with Crippen molar-refractivity contribution in [2.45, 2.75) is 11.8 Å². The molecule has 0 unspecified atom stereocenters. The van der Waals surface area contributed by atoms with Crippen LogP contribution in [0.2, 0.25) is 0 Å². The van der Waals surface area contributed by atoms with Crippen LogP contribution in [0.25, 0.3) is 0 Å². The second-order valence-corrected chi connectivity index (χ2v) is 8.63. The summed E-state index contributed by atoms with van der Waals surface area (Å²) in [6, 6.07) is 22.4. The Kier molecular flexibility index (Phi) is 6.42. The lowest BCUT2D eigenvalue weighted by atomic mass is 10.2. The van der Waals surface area contributed by atoms with Crippen LogP contribution in [-0.4, -0.2) is 35.0 Å². The molecule has 0 fully saturated rings. The summed E-state index contributed by atoms with van der Waals surface area (Å²) in [7, 11) is -0.820. The molecule has 6 nitrogen and oxygen atoms in total. The Morgan fingerprint density at radius 1 is 0.900 bits per heavy atom. The van der Waals surface area contributed by atoms with Gasteiger partial charge in [-0.15, -0.1) is 0 Å². The normalized spacial score (nSPS) is 11.0. The Balaban J connectivity index is 1.99. The first-order chi connectivity index (χ1) is 14.3. The second-order valence-electron chi connectivity index (χ2n) is 6.77. The summed E-state index contributed by atoms with van der Waals surface area (Å²) in [5, 5.41) is 0. The van der Waals surface area contributed by atoms with Crippen LogP contribution >= 0.6 is 0 Å². The van der Waals surface area contributed by atoms with Crippen molar-refractivity contribution in [2.24, 2.45) is 0 Å². The molecule has 30 heavy (non-hydrogen) atoms. The number of amides is 1. The number of hydrogen-bond acceptors (Lipinski definition) is 4. The summed E-state index contributed by atoms with van der Waals surface area (Å²) >= 11 is 0. The van der Waals surface area contributed by atoms with E-state index < -0.39 is 10.0 Å². The van der Waals surface area contributed by atoms with Crippen molar-refractivity contribution < 1.29 is 17.9 Å². The number of ether oxygens (including phenoxy) is 1. The molecule has 0 spiro atoms. The zero-order valence-electron chi connectivity index (χ0n) is 17.1. The van der Waals surface area contributed by atoms with Gasteiger partial charge in [-0.05, 0) is 55.0 Å². The van der Waals surface area contributed by atoms with Crippen LogP contribution in [0.5, 0.6) is 5.75 Å². The molecule has 0 bridgehead atoms. The van der Waals surface area contributed by atoms with Crippen LogP contribution in [0.1, 0.15) is 5.56 Å². The number of carbonyl (C=O) groups is 1. The van der Waals surface area contributed by atoms with Crippen molar-refractivity contribution in [3.05, 3.63) is 84.4 Å². The third kappa shape index (κ3) is 4.46. The fourth-order valence-corrected chi connectivity index (χ4v) is 4.57. The Bertz CT molecular complexity index is 1120. The molecule has 0 aliphatic rings. The molecule has 0 aliphatic carbocycles. The number of rotatable bonds is 7.